The van der Waals surface area contributed by atoms with Crippen LogP contribution in [0.15, 0.2) is 61.1 Å². The third-order valence-corrected chi connectivity index (χ3v) is 5.70. The predicted octanol–water partition coefficient (Wildman–Crippen LogP) is 4.16. The third-order valence-electron chi connectivity index (χ3n) is 5.70. The van der Waals surface area contributed by atoms with Crippen molar-refractivity contribution in [2.45, 2.75) is 33.3 Å². The Kier molecular flexibility index (Phi) is 6.98. The molecule has 0 spiro atoms. The molecule has 170 valence electrons. The number of carbonyl (C=O) groups is 2. The molecule has 0 aliphatic carbocycles. The Morgan fingerprint density at radius 2 is 1.85 bits per heavy atom. The predicted molar refractivity (Wildman–Crippen MR) is 126 cm³/mol. The van der Waals surface area contributed by atoms with Crippen LogP contribution in [-0.4, -0.2) is 39.8 Å². The van der Waals surface area contributed by atoms with Crippen LogP contribution in [-0.2, 0) is 11.4 Å². The third kappa shape index (κ3) is 5.74. The van der Waals surface area contributed by atoms with Crippen molar-refractivity contribution in [1.82, 2.24) is 14.9 Å². The van der Waals surface area contributed by atoms with E-state index in [0.717, 1.165) is 29.5 Å². The molecule has 2 amide bonds. The average Bonchev–Trinajstić information content (AvgIpc) is 2.83. The van der Waals surface area contributed by atoms with E-state index in [0.29, 0.717) is 36.8 Å². The maximum atomic E-state index is 13.1. The van der Waals surface area contributed by atoms with Crippen LogP contribution in [0, 0.1) is 19.8 Å². The minimum Gasteiger partial charge on any atom is -0.485 e. The number of pyridine rings is 2. The summed E-state index contributed by atoms with van der Waals surface area (Å²) in [5.74, 6) is 0.401. The maximum Gasteiger partial charge on any atom is 0.253 e. The van der Waals surface area contributed by atoms with Gasteiger partial charge in [-0.05, 0) is 68.7 Å². The van der Waals surface area contributed by atoms with Crippen molar-refractivity contribution in [2.24, 2.45) is 5.92 Å². The van der Waals surface area contributed by atoms with Crippen LogP contribution in [0.2, 0.25) is 0 Å². The van der Waals surface area contributed by atoms with Gasteiger partial charge in [0.25, 0.3) is 5.91 Å². The number of likely N-dealkylation sites (tertiary alicyclic amines) is 1. The first kappa shape index (κ1) is 22.5. The van der Waals surface area contributed by atoms with Gasteiger partial charge in [0.2, 0.25) is 5.91 Å². The summed E-state index contributed by atoms with van der Waals surface area (Å²) < 4.78 is 5.88. The lowest BCUT2D eigenvalue weighted by Crippen LogP contribution is -2.43. The van der Waals surface area contributed by atoms with Gasteiger partial charge >= 0.3 is 0 Å². The van der Waals surface area contributed by atoms with Crippen molar-refractivity contribution in [1.29, 1.82) is 0 Å². The number of piperidine rings is 1. The number of carbonyl (C=O) groups excluding carboxylic acids is 2. The zero-order valence-electron chi connectivity index (χ0n) is 19.0. The van der Waals surface area contributed by atoms with Gasteiger partial charge in [0, 0.05) is 37.2 Å². The van der Waals surface area contributed by atoms with Gasteiger partial charge in [0.1, 0.15) is 6.61 Å². The molecule has 33 heavy (non-hydrogen) atoms. The SMILES string of the molecule is Cc1cc(C)cc(C(=O)N2CCCC(C(=O)Nc3ncccc3OCc3ccncc3)C2)c1. The average molecular weight is 445 g/mol. The number of rotatable bonds is 6. The molecule has 7 heteroatoms. The Hall–Kier alpha value is -3.74. The summed E-state index contributed by atoms with van der Waals surface area (Å²) in [5.41, 5.74) is 3.75. The van der Waals surface area contributed by atoms with Crippen molar-refractivity contribution in [3.8, 4) is 5.75 Å². The monoisotopic (exact) mass is 444 g/mol. The lowest BCUT2D eigenvalue weighted by atomic mass is 9.96. The molecule has 1 aromatic carbocycles. The van der Waals surface area contributed by atoms with E-state index in [-0.39, 0.29) is 17.7 Å². The minimum absolute atomic E-state index is 0.0292. The first-order chi connectivity index (χ1) is 16.0. The van der Waals surface area contributed by atoms with E-state index < -0.39 is 0 Å². The molecule has 0 bridgehead atoms. The molecule has 3 heterocycles. The standard InChI is InChI=1S/C26H28N4O3/c1-18-13-19(2)15-22(14-18)26(32)30-12-4-5-21(16-30)25(31)29-24-23(6-3-9-28-24)33-17-20-7-10-27-11-8-20/h3,6-11,13-15,21H,4-5,12,16-17H2,1-2H3,(H,28,29,31). The van der Waals surface area contributed by atoms with Crippen LogP contribution in [0.5, 0.6) is 5.75 Å². The molecule has 2 aromatic heterocycles. The van der Waals surface area contributed by atoms with Crippen molar-refractivity contribution in [2.75, 3.05) is 18.4 Å². The summed E-state index contributed by atoms with van der Waals surface area (Å²) in [5, 5.41) is 2.91. The molecular formula is C26H28N4O3. The van der Waals surface area contributed by atoms with E-state index in [1.165, 1.54) is 0 Å². The van der Waals surface area contributed by atoms with Crippen LogP contribution in [0.1, 0.15) is 39.9 Å². The molecule has 3 aromatic rings. The molecule has 1 N–H and O–H groups in total. The molecule has 7 nitrogen and oxygen atoms in total. The second-order valence-corrected chi connectivity index (χ2v) is 8.45. The van der Waals surface area contributed by atoms with Crippen LogP contribution in [0.3, 0.4) is 0 Å². The van der Waals surface area contributed by atoms with Crippen molar-refractivity contribution >= 4 is 17.6 Å². The van der Waals surface area contributed by atoms with Gasteiger partial charge in [-0.2, -0.15) is 0 Å². The molecule has 1 aliphatic heterocycles. The maximum absolute atomic E-state index is 13.1. The van der Waals surface area contributed by atoms with Gasteiger partial charge in [-0.1, -0.05) is 17.2 Å². The smallest absolute Gasteiger partial charge is 0.253 e. The first-order valence-electron chi connectivity index (χ1n) is 11.1. The normalized spacial score (nSPS) is 15.7. The van der Waals surface area contributed by atoms with Gasteiger partial charge < -0.3 is 15.0 Å². The van der Waals surface area contributed by atoms with Gasteiger partial charge in [-0.3, -0.25) is 14.6 Å². The number of nitrogens with zero attached hydrogens (tertiary/aromatic N) is 3. The lowest BCUT2D eigenvalue weighted by Gasteiger charge is -2.32. The van der Waals surface area contributed by atoms with E-state index in [1.54, 1.807) is 35.6 Å². The van der Waals surface area contributed by atoms with E-state index >= 15 is 0 Å². The van der Waals surface area contributed by atoms with Crippen LogP contribution in [0.4, 0.5) is 5.82 Å². The number of hydrogen-bond donors (Lipinski definition) is 1. The summed E-state index contributed by atoms with van der Waals surface area (Å²) in [6.45, 7) is 5.35. The van der Waals surface area contributed by atoms with Gasteiger partial charge in [-0.25, -0.2) is 4.98 Å². The minimum atomic E-state index is -0.302. The summed E-state index contributed by atoms with van der Waals surface area (Å²) in [6.07, 6.45) is 6.54. The Bertz CT molecular complexity index is 1110. The van der Waals surface area contributed by atoms with Crippen LogP contribution < -0.4 is 10.1 Å². The number of ether oxygens (including phenoxy) is 1. The van der Waals surface area contributed by atoms with Crippen LogP contribution >= 0.6 is 0 Å². The summed E-state index contributed by atoms with van der Waals surface area (Å²) in [4.78, 5) is 36.2. The highest BCUT2D eigenvalue weighted by atomic mass is 16.5. The number of aryl methyl sites for hydroxylation is 2. The Morgan fingerprint density at radius 3 is 2.61 bits per heavy atom. The van der Waals surface area contributed by atoms with Crippen molar-refractivity contribution in [3.63, 3.8) is 0 Å². The number of aromatic nitrogens is 2. The molecule has 1 fully saturated rings. The fourth-order valence-corrected chi connectivity index (χ4v) is 4.12. The number of benzene rings is 1. The van der Waals surface area contributed by atoms with E-state index in [1.807, 2.05) is 44.2 Å². The Balaban J connectivity index is 1.41. The summed E-state index contributed by atoms with van der Waals surface area (Å²) in [7, 11) is 0. The first-order valence-corrected chi connectivity index (χ1v) is 11.1. The molecule has 1 saturated heterocycles. The highest BCUT2D eigenvalue weighted by Crippen LogP contribution is 2.25. The zero-order valence-corrected chi connectivity index (χ0v) is 19.0. The molecule has 1 unspecified atom stereocenters. The number of amides is 2. The van der Waals surface area contributed by atoms with E-state index in [4.69, 9.17) is 4.74 Å². The molecule has 1 atom stereocenters. The quantitative estimate of drug-likeness (QED) is 0.617. The summed E-state index contributed by atoms with van der Waals surface area (Å²) >= 11 is 0. The van der Waals surface area contributed by atoms with E-state index in [2.05, 4.69) is 15.3 Å². The largest absolute Gasteiger partial charge is 0.485 e. The van der Waals surface area contributed by atoms with Crippen molar-refractivity contribution < 1.29 is 14.3 Å². The van der Waals surface area contributed by atoms with Gasteiger partial charge in [0.05, 0.1) is 5.92 Å². The van der Waals surface area contributed by atoms with E-state index in [9.17, 15) is 9.59 Å². The number of anilines is 1. The number of hydrogen-bond acceptors (Lipinski definition) is 5. The number of nitrogens with one attached hydrogen (secondary N) is 1. The molecule has 0 radical (unpaired) electrons. The zero-order chi connectivity index (χ0) is 23.2. The Labute approximate surface area is 193 Å². The molecular weight excluding hydrogens is 416 g/mol. The molecule has 4 rings (SSSR count). The topological polar surface area (TPSA) is 84.4 Å². The highest BCUT2D eigenvalue weighted by molar-refractivity contribution is 5.96. The Morgan fingerprint density at radius 1 is 1.09 bits per heavy atom. The molecule has 1 aliphatic rings. The fraction of sp³-hybridized carbons (Fsp3) is 0.308. The van der Waals surface area contributed by atoms with Gasteiger partial charge in [0.15, 0.2) is 11.6 Å². The fourth-order valence-electron chi connectivity index (χ4n) is 4.12. The highest BCUT2D eigenvalue weighted by Gasteiger charge is 2.29. The second-order valence-electron chi connectivity index (χ2n) is 8.45. The second kappa shape index (κ2) is 10.3. The summed E-state index contributed by atoms with van der Waals surface area (Å²) in [6, 6.07) is 13.1. The van der Waals surface area contributed by atoms with Crippen molar-refractivity contribution in [3.05, 3.63) is 83.3 Å². The molecule has 0 saturated carbocycles. The van der Waals surface area contributed by atoms with Crippen LogP contribution in [0.25, 0.3) is 0 Å². The lowest BCUT2D eigenvalue weighted by molar-refractivity contribution is -0.121. The van der Waals surface area contributed by atoms with Gasteiger partial charge in [-0.15, -0.1) is 0 Å².